The summed E-state index contributed by atoms with van der Waals surface area (Å²) in [5.41, 5.74) is 1.22. The normalized spacial score (nSPS) is 19.1. The first kappa shape index (κ1) is 21.9. The van der Waals surface area contributed by atoms with Gasteiger partial charge in [-0.05, 0) is 53.3 Å². The van der Waals surface area contributed by atoms with Crippen LogP contribution in [0.5, 0.6) is 0 Å². The summed E-state index contributed by atoms with van der Waals surface area (Å²) in [5, 5.41) is 1.15. The molecule has 3 aromatic carbocycles. The van der Waals surface area contributed by atoms with Crippen molar-refractivity contribution in [3.63, 3.8) is 0 Å². The van der Waals surface area contributed by atoms with Crippen LogP contribution in [-0.2, 0) is 6.42 Å². The molecule has 3 aromatic rings. The quantitative estimate of drug-likeness (QED) is 0.272. The Morgan fingerprint density at radius 3 is 2.03 bits per heavy atom. The van der Waals surface area contributed by atoms with Gasteiger partial charge in [0, 0.05) is 10.9 Å². The highest BCUT2D eigenvalue weighted by Crippen LogP contribution is 2.35. The molecule has 1 aliphatic carbocycles. The van der Waals surface area contributed by atoms with Gasteiger partial charge < -0.3 is 0 Å². The summed E-state index contributed by atoms with van der Waals surface area (Å²) in [4.78, 5) is 0. The van der Waals surface area contributed by atoms with E-state index in [1.54, 1.807) is 12.1 Å². The van der Waals surface area contributed by atoms with Gasteiger partial charge in [-0.15, -0.1) is 0 Å². The van der Waals surface area contributed by atoms with Crippen LogP contribution in [-0.4, -0.2) is 0 Å². The third-order valence-electron chi connectivity index (χ3n) is 6.82. The second-order valence-corrected chi connectivity index (χ2v) is 8.95. The van der Waals surface area contributed by atoms with Crippen molar-refractivity contribution in [3.8, 4) is 11.1 Å². The van der Waals surface area contributed by atoms with E-state index in [2.05, 4.69) is 6.92 Å². The summed E-state index contributed by atoms with van der Waals surface area (Å²) >= 11 is 0. The molecule has 0 atom stereocenters. The van der Waals surface area contributed by atoms with E-state index in [4.69, 9.17) is 0 Å². The predicted molar refractivity (Wildman–Crippen MR) is 118 cm³/mol. The van der Waals surface area contributed by atoms with E-state index >= 15 is 4.39 Å². The molecular weight excluding hydrogens is 400 g/mol. The average molecular weight is 429 g/mol. The third-order valence-corrected chi connectivity index (χ3v) is 6.82. The van der Waals surface area contributed by atoms with Crippen LogP contribution in [0.15, 0.2) is 42.5 Å². The molecule has 4 heteroatoms. The summed E-state index contributed by atoms with van der Waals surface area (Å²) in [6.45, 7) is 2.26. The van der Waals surface area contributed by atoms with Crippen LogP contribution in [0.1, 0.15) is 57.4 Å². The molecule has 0 radical (unpaired) electrons. The van der Waals surface area contributed by atoms with E-state index in [1.807, 2.05) is 12.1 Å². The van der Waals surface area contributed by atoms with Crippen LogP contribution in [0.4, 0.5) is 17.6 Å². The average Bonchev–Trinajstić information content (AvgIpc) is 2.77. The molecule has 0 aliphatic heterocycles. The molecule has 0 bridgehead atoms. The van der Waals surface area contributed by atoms with Crippen LogP contribution in [0.25, 0.3) is 21.9 Å². The first-order valence-electron chi connectivity index (χ1n) is 11.3. The van der Waals surface area contributed by atoms with Gasteiger partial charge in [0.1, 0.15) is 5.82 Å². The van der Waals surface area contributed by atoms with Gasteiger partial charge in [-0.3, -0.25) is 0 Å². The Bertz CT molecular complexity index is 1040. The molecular formula is C27H28F4. The molecule has 0 N–H and O–H groups in total. The summed E-state index contributed by atoms with van der Waals surface area (Å²) in [5.74, 6) is -3.08. The summed E-state index contributed by atoms with van der Waals surface area (Å²) in [6.07, 6.45) is 10.0. The van der Waals surface area contributed by atoms with Crippen molar-refractivity contribution < 1.29 is 17.6 Å². The highest BCUT2D eigenvalue weighted by atomic mass is 19.2. The third kappa shape index (κ3) is 4.78. The van der Waals surface area contributed by atoms with Crippen LogP contribution in [0, 0.1) is 35.1 Å². The molecule has 164 valence electrons. The smallest absolute Gasteiger partial charge is 0.194 e. The van der Waals surface area contributed by atoms with Crippen molar-refractivity contribution in [1.82, 2.24) is 0 Å². The fourth-order valence-corrected chi connectivity index (χ4v) is 5.02. The number of benzene rings is 3. The Morgan fingerprint density at radius 2 is 1.39 bits per heavy atom. The fourth-order valence-electron chi connectivity index (χ4n) is 5.02. The Hall–Kier alpha value is -2.36. The van der Waals surface area contributed by atoms with Crippen molar-refractivity contribution in [2.24, 2.45) is 11.8 Å². The molecule has 1 saturated carbocycles. The van der Waals surface area contributed by atoms with Gasteiger partial charge >= 0.3 is 0 Å². The first-order chi connectivity index (χ1) is 15.0. The number of aryl methyl sites for hydroxylation is 1. The maximum Gasteiger partial charge on any atom is 0.194 e. The van der Waals surface area contributed by atoms with Crippen molar-refractivity contribution in [1.29, 1.82) is 0 Å². The first-order valence-corrected chi connectivity index (χ1v) is 11.3. The minimum atomic E-state index is -1.55. The largest absolute Gasteiger partial charge is 0.206 e. The molecule has 31 heavy (non-hydrogen) atoms. The Balaban J connectivity index is 1.49. The molecule has 0 unspecified atom stereocenters. The Morgan fingerprint density at radius 1 is 0.742 bits per heavy atom. The molecule has 0 amide bonds. The van der Waals surface area contributed by atoms with Gasteiger partial charge in [-0.1, -0.05) is 75.8 Å². The Kier molecular flexibility index (Phi) is 6.64. The van der Waals surface area contributed by atoms with Gasteiger partial charge in [-0.25, -0.2) is 17.6 Å². The molecule has 0 saturated heterocycles. The number of hydrogen-bond acceptors (Lipinski definition) is 0. The molecule has 0 spiro atoms. The fraction of sp³-hybridized carbons (Fsp3) is 0.407. The van der Waals surface area contributed by atoms with Gasteiger partial charge in [0.15, 0.2) is 17.5 Å². The van der Waals surface area contributed by atoms with Gasteiger partial charge in [0.2, 0.25) is 0 Å². The van der Waals surface area contributed by atoms with Gasteiger partial charge in [0.25, 0.3) is 0 Å². The molecule has 0 nitrogen and oxygen atoms in total. The lowest BCUT2D eigenvalue weighted by atomic mass is 9.78. The number of halogens is 4. The summed E-state index contributed by atoms with van der Waals surface area (Å²) in [6, 6.07) is 10.6. The minimum Gasteiger partial charge on any atom is -0.206 e. The maximum absolute atomic E-state index is 15.1. The SMILES string of the molecule is CCCC1CCC(CCc2ccc3c(F)c(-c4cc(F)c(F)c(F)c4)ccc3c2)CC1. The van der Waals surface area contributed by atoms with E-state index in [9.17, 15) is 13.2 Å². The monoisotopic (exact) mass is 428 g/mol. The van der Waals surface area contributed by atoms with E-state index in [0.717, 1.165) is 42.2 Å². The van der Waals surface area contributed by atoms with E-state index in [-0.39, 0.29) is 11.1 Å². The van der Waals surface area contributed by atoms with Crippen LogP contribution >= 0.6 is 0 Å². The van der Waals surface area contributed by atoms with E-state index in [1.165, 1.54) is 50.2 Å². The molecule has 0 heterocycles. The zero-order valence-corrected chi connectivity index (χ0v) is 17.9. The summed E-state index contributed by atoms with van der Waals surface area (Å²) in [7, 11) is 0. The number of rotatable bonds is 6. The maximum atomic E-state index is 15.1. The van der Waals surface area contributed by atoms with Gasteiger partial charge in [0.05, 0.1) is 0 Å². The van der Waals surface area contributed by atoms with Crippen molar-refractivity contribution in [3.05, 3.63) is 71.3 Å². The molecule has 1 aliphatic rings. The highest BCUT2D eigenvalue weighted by molar-refractivity contribution is 5.88. The van der Waals surface area contributed by atoms with Crippen LogP contribution < -0.4 is 0 Å². The lowest BCUT2D eigenvalue weighted by Crippen LogP contribution is -2.15. The zero-order valence-electron chi connectivity index (χ0n) is 17.9. The lowest BCUT2D eigenvalue weighted by molar-refractivity contribution is 0.252. The summed E-state index contributed by atoms with van der Waals surface area (Å²) < 4.78 is 55.5. The topological polar surface area (TPSA) is 0 Å². The van der Waals surface area contributed by atoms with Gasteiger partial charge in [-0.2, -0.15) is 0 Å². The second-order valence-electron chi connectivity index (χ2n) is 8.95. The number of hydrogen-bond donors (Lipinski definition) is 0. The van der Waals surface area contributed by atoms with Crippen molar-refractivity contribution >= 4 is 10.8 Å². The van der Waals surface area contributed by atoms with Crippen molar-refractivity contribution in [2.45, 2.75) is 58.3 Å². The van der Waals surface area contributed by atoms with Crippen molar-refractivity contribution in [2.75, 3.05) is 0 Å². The van der Waals surface area contributed by atoms with E-state index in [0.29, 0.717) is 5.39 Å². The predicted octanol–water partition coefficient (Wildman–Crippen LogP) is 8.60. The highest BCUT2D eigenvalue weighted by Gasteiger charge is 2.20. The van der Waals surface area contributed by atoms with Crippen LogP contribution in [0.2, 0.25) is 0 Å². The number of fused-ring (bicyclic) bond motifs is 1. The zero-order chi connectivity index (χ0) is 22.0. The minimum absolute atomic E-state index is 0.0152. The standard InChI is InChI=1S/C27H28F4/c1-2-3-17-4-6-18(7-5-17)8-9-19-10-12-22-20(14-19)11-13-23(26(22)30)21-15-24(28)27(31)25(29)16-21/h10-18H,2-9H2,1H3. The molecule has 0 aromatic heterocycles. The van der Waals surface area contributed by atoms with E-state index < -0.39 is 23.3 Å². The van der Waals surface area contributed by atoms with Crippen LogP contribution in [0.3, 0.4) is 0 Å². The second kappa shape index (κ2) is 9.42. The Labute approximate surface area is 181 Å². The molecule has 4 rings (SSSR count). The molecule has 1 fully saturated rings. The lowest BCUT2D eigenvalue weighted by Gasteiger charge is -2.28.